The summed E-state index contributed by atoms with van der Waals surface area (Å²) in [7, 11) is 0. The van der Waals surface area contributed by atoms with Crippen LogP contribution in [0.1, 0.15) is 92.9 Å². The molecular weight excluding hydrogens is 576 g/mol. The molecule has 222 valence electrons. The van der Waals surface area contributed by atoms with E-state index in [2.05, 4.69) is 22.0 Å². The van der Waals surface area contributed by atoms with Gasteiger partial charge in [0, 0.05) is 37.0 Å². The number of Topliss-reactive ketones (excluding diaryl/α,β-unsaturated/α-hetero) is 2. The smallest absolute Gasteiger partial charge is 0.410 e. The molecule has 0 aromatic carbocycles. The number of nitrogens with zero attached hydrogens (tertiary/aromatic N) is 2. The molecule has 9 heteroatoms. The van der Waals surface area contributed by atoms with Gasteiger partial charge in [-0.3, -0.25) is 9.59 Å². The summed E-state index contributed by atoms with van der Waals surface area (Å²) >= 11 is 3.30. The third kappa shape index (κ3) is 7.00. The summed E-state index contributed by atoms with van der Waals surface area (Å²) in [5.74, 6) is 1.10. The first-order valence-electron chi connectivity index (χ1n) is 14.7. The molecule has 5 rings (SSSR count). The minimum atomic E-state index is -0.472. The van der Waals surface area contributed by atoms with Gasteiger partial charge in [0.25, 0.3) is 0 Å². The van der Waals surface area contributed by atoms with E-state index in [-0.39, 0.29) is 28.8 Å². The summed E-state index contributed by atoms with van der Waals surface area (Å²) in [6.45, 7) is 13.7. The van der Waals surface area contributed by atoms with E-state index in [9.17, 15) is 19.2 Å². The molecule has 0 aromatic heterocycles. The number of rotatable bonds is 1. The molecule has 2 heterocycles. The molecule has 0 atom stereocenters. The van der Waals surface area contributed by atoms with E-state index in [1.807, 2.05) is 47.6 Å². The first-order chi connectivity index (χ1) is 18.5. The Kier molecular flexibility index (Phi) is 8.66. The van der Waals surface area contributed by atoms with E-state index in [1.165, 1.54) is 12.8 Å². The van der Waals surface area contributed by atoms with Crippen molar-refractivity contribution in [1.29, 1.82) is 0 Å². The SMILES string of the molecule is CC(C)(C)OC(=O)N1CCC2(CC=C(Br)C2=O)CC1.CC(C)(C)OC(=O)N1CCC2(CC=C(C3CC3)C2=O)CC1. The van der Waals surface area contributed by atoms with Crippen molar-refractivity contribution in [2.45, 2.75) is 104 Å². The van der Waals surface area contributed by atoms with Crippen molar-refractivity contribution in [3.05, 3.63) is 22.2 Å². The average molecular weight is 622 g/mol. The Bertz CT molecular complexity index is 1090. The van der Waals surface area contributed by atoms with Gasteiger partial charge in [0.15, 0.2) is 11.6 Å². The Hall–Kier alpha value is -2.16. The highest BCUT2D eigenvalue weighted by atomic mass is 79.9. The second-order valence-corrected chi connectivity index (χ2v) is 14.9. The zero-order valence-corrected chi connectivity index (χ0v) is 26.5. The van der Waals surface area contributed by atoms with Gasteiger partial charge in [-0.25, -0.2) is 9.59 Å². The summed E-state index contributed by atoms with van der Waals surface area (Å²) in [5.41, 5.74) is -0.343. The van der Waals surface area contributed by atoms with Crippen LogP contribution in [0.15, 0.2) is 22.2 Å². The van der Waals surface area contributed by atoms with Gasteiger partial charge in [-0.2, -0.15) is 0 Å². The van der Waals surface area contributed by atoms with Crippen LogP contribution < -0.4 is 0 Å². The molecule has 1 saturated carbocycles. The summed E-state index contributed by atoms with van der Waals surface area (Å²) < 4.78 is 11.5. The largest absolute Gasteiger partial charge is 0.444 e. The fraction of sp³-hybridized carbons (Fsp3) is 0.742. The molecule has 40 heavy (non-hydrogen) atoms. The van der Waals surface area contributed by atoms with Gasteiger partial charge < -0.3 is 19.3 Å². The number of carbonyl (C=O) groups is 4. The minimum absolute atomic E-state index is 0.191. The normalized spacial score (nSPS) is 24.0. The van der Waals surface area contributed by atoms with Crippen LogP contribution in [-0.4, -0.2) is 70.9 Å². The summed E-state index contributed by atoms with van der Waals surface area (Å²) in [5, 5.41) is 0. The van der Waals surface area contributed by atoms with E-state index in [0.29, 0.717) is 42.4 Å². The number of likely N-dealkylation sites (tertiary alicyclic amines) is 2. The van der Waals surface area contributed by atoms with Crippen LogP contribution in [0.5, 0.6) is 0 Å². The third-order valence-electron chi connectivity index (χ3n) is 8.59. The van der Waals surface area contributed by atoms with Crippen LogP contribution in [0.3, 0.4) is 0 Å². The monoisotopic (exact) mass is 620 g/mol. The van der Waals surface area contributed by atoms with Gasteiger partial charge in [0.1, 0.15) is 11.2 Å². The van der Waals surface area contributed by atoms with Gasteiger partial charge in [0.2, 0.25) is 0 Å². The number of ether oxygens (including phenoxy) is 2. The lowest BCUT2D eigenvalue weighted by molar-refractivity contribution is -0.126. The van der Waals surface area contributed by atoms with E-state index < -0.39 is 11.2 Å². The first-order valence-corrected chi connectivity index (χ1v) is 15.4. The van der Waals surface area contributed by atoms with Crippen molar-refractivity contribution < 1.29 is 28.7 Å². The third-order valence-corrected chi connectivity index (χ3v) is 9.27. The van der Waals surface area contributed by atoms with Crippen molar-refractivity contribution in [2.24, 2.45) is 16.7 Å². The second kappa shape index (κ2) is 11.3. The molecule has 0 unspecified atom stereocenters. The molecule has 0 aromatic rings. The molecule has 8 nitrogen and oxygen atoms in total. The lowest BCUT2D eigenvalue weighted by Gasteiger charge is -2.38. The van der Waals surface area contributed by atoms with E-state index in [1.54, 1.807) is 9.80 Å². The zero-order chi connectivity index (χ0) is 29.5. The Morgan fingerprint density at radius 3 is 1.50 bits per heavy atom. The molecule has 3 aliphatic carbocycles. The topological polar surface area (TPSA) is 93.2 Å². The zero-order valence-electron chi connectivity index (χ0n) is 24.9. The second-order valence-electron chi connectivity index (χ2n) is 14.0. The van der Waals surface area contributed by atoms with Gasteiger partial charge in [-0.05, 0) is 120 Å². The van der Waals surface area contributed by atoms with Crippen LogP contribution in [0.4, 0.5) is 9.59 Å². The van der Waals surface area contributed by atoms with Crippen molar-refractivity contribution in [3.63, 3.8) is 0 Å². The number of halogens is 1. The number of hydrogen-bond acceptors (Lipinski definition) is 6. The summed E-state index contributed by atoms with van der Waals surface area (Å²) in [6.07, 6.45) is 10.6. The predicted molar refractivity (Wildman–Crippen MR) is 156 cm³/mol. The molecule has 2 amide bonds. The number of carbonyl (C=O) groups excluding carboxylic acids is 4. The molecule has 0 radical (unpaired) electrons. The number of piperidine rings is 2. The average Bonchev–Trinajstić information content (AvgIpc) is 3.61. The van der Waals surface area contributed by atoms with Crippen LogP contribution in [-0.2, 0) is 19.1 Å². The maximum Gasteiger partial charge on any atom is 0.410 e. The number of hydrogen-bond donors (Lipinski definition) is 0. The Morgan fingerprint density at radius 2 is 1.15 bits per heavy atom. The van der Waals surface area contributed by atoms with Crippen LogP contribution >= 0.6 is 15.9 Å². The molecule has 2 saturated heterocycles. The predicted octanol–water partition coefficient (Wildman–Crippen LogP) is 6.57. The lowest BCUT2D eigenvalue weighted by Crippen LogP contribution is -2.47. The molecule has 2 spiro atoms. The highest BCUT2D eigenvalue weighted by molar-refractivity contribution is 9.12. The van der Waals surface area contributed by atoms with E-state index >= 15 is 0 Å². The maximum absolute atomic E-state index is 12.7. The molecule has 2 aliphatic heterocycles. The van der Waals surface area contributed by atoms with Crippen molar-refractivity contribution in [1.82, 2.24) is 9.80 Å². The lowest BCUT2D eigenvalue weighted by atomic mass is 9.74. The number of ketones is 2. The van der Waals surface area contributed by atoms with Gasteiger partial charge >= 0.3 is 12.2 Å². The van der Waals surface area contributed by atoms with Crippen molar-refractivity contribution in [3.8, 4) is 0 Å². The van der Waals surface area contributed by atoms with E-state index in [4.69, 9.17) is 9.47 Å². The Labute approximate surface area is 247 Å². The summed E-state index contributed by atoms with van der Waals surface area (Å²) in [6, 6.07) is 0. The Morgan fingerprint density at radius 1 is 0.750 bits per heavy atom. The summed E-state index contributed by atoms with van der Waals surface area (Å²) in [4.78, 5) is 52.3. The highest BCUT2D eigenvalue weighted by Gasteiger charge is 2.49. The highest BCUT2D eigenvalue weighted by Crippen LogP contribution is 2.50. The van der Waals surface area contributed by atoms with Crippen LogP contribution in [0.25, 0.3) is 0 Å². The van der Waals surface area contributed by atoms with Crippen molar-refractivity contribution >= 4 is 39.7 Å². The first kappa shape index (κ1) is 30.8. The van der Waals surface area contributed by atoms with Gasteiger partial charge in [-0.15, -0.1) is 0 Å². The quantitative estimate of drug-likeness (QED) is 0.329. The molecule has 5 aliphatic rings. The van der Waals surface area contributed by atoms with Crippen LogP contribution in [0.2, 0.25) is 0 Å². The van der Waals surface area contributed by atoms with Gasteiger partial charge in [-0.1, -0.05) is 12.2 Å². The fourth-order valence-electron chi connectivity index (χ4n) is 6.02. The standard InChI is InChI=1S/C17H25NO3.C14H20BrNO3/c1-16(2,3)21-15(20)18-10-8-17(9-11-18)7-6-13(14(17)19)12-4-5-12;1-13(2,3)19-12(18)16-8-6-14(7-9-16)5-4-10(15)11(14)17/h6,12H,4-5,7-11H2,1-3H3;4H,5-9H2,1-3H3. The molecular formula is C31H45BrN2O6. The number of amides is 2. The molecule has 0 N–H and O–H groups in total. The molecule has 0 bridgehead atoms. The van der Waals surface area contributed by atoms with Crippen molar-refractivity contribution in [2.75, 3.05) is 26.2 Å². The van der Waals surface area contributed by atoms with Gasteiger partial charge in [0.05, 0.1) is 4.48 Å². The maximum atomic E-state index is 12.7. The Balaban J connectivity index is 0.000000186. The minimum Gasteiger partial charge on any atom is -0.444 e. The molecule has 3 fully saturated rings. The fourth-order valence-corrected chi connectivity index (χ4v) is 6.60. The number of allylic oxidation sites excluding steroid dienone is 4. The van der Waals surface area contributed by atoms with E-state index in [0.717, 1.165) is 44.1 Å². The van der Waals surface area contributed by atoms with Crippen LogP contribution in [0, 0.1) is 16.7 Å².